The molecule has 0 saturated heterocycles. The largest absolute Gasteiger partial charge is 0.466 e. The summed E-state index contributed by atoms with van der Waals surface area (Å²) in [6.07, 6.45) is 0.128. The highest BCUT2D eigenvalue weighted by Crippen LogP contribution is 2.27. The lowest BCUT2D eigenvalue weighted by atomic mass is 10.3. The van der Waals surface area contributed by atoms with Crippen LogP contribution in [0.3, 0.4) is 0 Å². The zero-order chi connectivity index (χ0) is 14.5. The number of hydrogen-bond acceptors (Lipinski definition) is 5. The van der Waals surface area contributed by atoms with Gasteiger partial charge in [-0.1, -0.05) is 11.6 Å². The van der Waals surface area contributed by atoms with E-state index < -0.39 is 5.82 Å². The highest BCUT2D eigenvalue weighted by atomic mass is 35.5. The van der Waals surface area contributed by atoms with E-state index in [-0.39, 0.29) is 17.4 Å². The molecule has 20 heavy (non-hydrogen) atoms. The summed E-state index contributed by atoms with van der Waals surface area (Å²) in [4.78, 5) is 15.6. The molecule has 0 fully saturated rings. The van der Waals surface area contributed by atoms with Crippen LogP contribution in [0, 0.1) is 5.82 Å². The van der Waals surface area contributed by atoms with Crippen molar-refractivity contribution in [2.24, 2.45) is 0 Å². The average molecular weight is 315 g/mol. The van der Waals surface area contributed by atoms with Gasteiger partial charge in [-0.15, -0.1) is 11.3 Å². The van der Waals surface area contributed by atoms with Crippen molar-refractivity contribution in [2.75, 3.05) is 11.9 Å². The van der Waals surface area contributed by atoms with Crippen LogP contribution in [0.15, 0.2) is 23.6 Å². The average Bonchev–Trinajstić information content (AvgIpc) is 2.80. The number of thiazole rings is 1. The van der Waals surface area contributed by atoms with Gasteiger partial charge in [0.1, 0.15) is 5.82 Å². The lowest BCUT2D eigenvalue weighted by molar-refractivity contribution is -0.142. The Kier molecular flexibility index (Phi) is 4.92. The monoisotopic (exact) mass is 314 g/mol. The van der Waals surface area contributed by atoms with Crippen LogP contribution < -0.4 is 5.32 Å². The van der Waals surface area contributed by atoms with E-state index in [0.717, 1.165) is 0 Å². The quantitative estimate of drug-likeness (QED) is 0.853. The summed E-state index contributed by atoms with van der Waals surface area (Å²) in [6.45, 7) is 2.10. The third kappa shape index (κ3) is 3.91. The van der Waals surface area contributed by atoms with Crippen molar-refractivity contribution in [3.63, 3.8) is 0 Å². The van der Waals surface area contributed by atoms with E-state index in [1.807, 2.05) is 0 Å². The van der Waals surface area contributed by atoms with Gasteiger partial charge in [0.15, 0.2) is 5.13 Å². The van der Waals surface area contributed by atoms with Crippen LogP contribution in [0.1, 0.15) is 12.6 Å². The van der Waals surface area contributed by atoms with Crippen LogP contribution >= 0.6 is 22.9 Å². The number of nitrogens with zero attached hydrogens (tertiary/aromatic N) is 1. The highest BCUT2D eigenvalue weighted by molar-refractivity contribution is 7.13. The lowest BCUT2D eigenvalue weighted by Crippen LogP contribution is -2.07. The number of rotatable bonds is 5. The molecule has 4 nitrogen and oxygen atoms in total. The third-order valence-corrected chi connectivity index (χ3v) is 3.47. The van der Waals surface area contributed by atoms with E-state index >= 15 is 0 Å². The predicted octanol–water partition coefficient (Wildman–Crippen LogP) is 3.78. The molecule has 1 N–H and O–H groups in total. The number of halogens is 2. The minimum Gasteiger partial charge on any atom is -0.466 e. The normalized spacial score (nSPS) is 10.3. The smallest absolute Gasteiger partial charge is 0.311 e. The molecule has 1 aromatic heterocycles. The Labute approximate surface area is 124 Å². The van der Waals surface area contributed by atoms with Gasteiger partial charge in [-0.2, -0.15) is 0 Å². The number of hydrogen-bond donors (Lipinski definition) is 1. The molecule has 2 aromatic rings. The first kappa shape index (κ1) is 14.7. The molecule has 0 radical (unpaired) electrons. The molecule has 0 aliphatic heterocycles. The summed E-state index contributed by atoms with van der Waals surface area (Å²) in [5.74, 6) is -0.716. The number of carbonyl (C=O) groups excluding carboxylic acids is 1. The van der Waals surface area contributed by atoms with Crippen LogP contribution in [0.25, 0.3) is 0 Å². The zero-order valence-electron chi connectivity index (χ0n) is 10.7. The van der Waals surface area contributed by atoms with Crippen LogP contribution in [-0.2, 0) is 16.0 Å². The molecule has 106 valence electrons. The first-order valence-electron chi connectivity index (χ1n) is 5.90. The summed E-state index contributed by atoms with van der Waals surface area (Å²) in [5, 5.41) is 5.59. The molecular weight excluding hydrogens is 303 g/mol. The number of anilines is 2. The van der Waals surface area contributed by atoms with Gasteiger partial charge < -0.3 is 10.1 Å². The molecule has 0 unspecified atom stereocenters. The van der Waals surface area contributed by atoms with Gasteiger partial charge in [-0.3, -0.25) is 4.79 Å². The molecule has 0 bridgehead atoms. The summed E-state index contributed by atoms with van der Waals surface area (Å²) in [5.41, 5.74) is 1.18. The number of esters is 1. The minimum atomic E-state index is -0.400. The van der Waals surface area contributed by atoms with Crippen LogP contribution in [0.5, 0.6) is 0 Å². The highest BCUT2D eigenvalue weighted by Gasteiger charge is 2.09. The maximum Gasteiger partial charge on any atom is 0.311 e. The number of benzene rings is 1. The van der Waals surface area contributed by atoms with Gasteiger partial charge in [0.25, 0.3) is 0 Å². The third-order valence-electron chi connectivity index (χ3n) is 2.36. The molecule has 0 aliphatic carbocycles. The van der Waals surface area contributed by atoms with Gasteiger partial charge in [0.05, 0.1) is 29.4 Å². The number of ether oxygens (including phenoxy) is 1. The van der Waals surface area contributed by atoms with E-state index in [1.165, 1.54) is 29.5 Å². The van der Waals surface area contributed by atoms with Crippen molar-refractivity contribution in [1.82, 2.24) is 4.98 Å². The second-order valence-electron chi connectivity index (χ2n) is 3.87. The molecule has 7 heteroatoms. The van der Waals surface area contributed by atoms with E-state index in [9.17, 15) is 9.18 Å². The fourth-order valence-corrected chi connectivity index (χ4v) is 2.45. The van der Waals surface area contributed by atoms with Crippen molar-refractivity contribution in [1.29, 1.82) is 0 Å². The Morgan fingerprint density at radius 3 is 3.05 bits per heavy atom. The Bertz CT molecular complexity index is 618. The molecule has 0 atom stereocenters. The number of nitrogens with one attached hydrogen (secondary N) is 1. The Hall–Kier alpha value is -1.66. The minimum absolute atomic E-state index is 0.128. The molecule has 1 heterocycles. The first-order chi connectivity index (χ1) is 9.58. The SMILES string of the molecule is CCOC(=O)Cc1csc(Nc2ccc(F)cc2Cl)n1. The van der Waals surface area contributed by atoms with E-state index in [1.54, 1.807) is 12.3 Å². The van der Waals surface area contributed by atoms with Crippen molar-refractivity contribution in [2.45, 2.75) is 13.3 Å². The van der Waals surface area contributed by atoms with E-state index in [4.69, 9.17) is 16.3 Å². The maximum atomic E-state index is 12.9. The molecule has 0 spiro atoms. The Morgan fingerprint density at radius 2 is 2.35 bits per heavy atom. The van der Waals surface area contributed by atoms with Crippen LogP contribution in [0.4, 0.5) is 15.2 Å². The second kappa shape index (κ2) is 6.67. The molecular formula is C13H12ClFN2O2S. The summed E-state index contributed by atoms with van der Waals surface area (Å²) in [6, 6.07) is 4.06. The fourth-order valence-electron chi connectivity index (χ4n) is 1.51. The van der Waals surface area contributed by atoms with Crippen molar-refractivity contribution < 1.29 is 13.9 Å². The Balaban J connectivity index is 2.04. The van der Waals surface area contributed by atoms with Crippen LogP contribution in [-0.4, -0.2) is 17.6 Å². The van der Waals surface area contributed by atoms with Crippen LogP contribution in [0.2, 0.25) is 5.02 Å². The molecule has 0 saturated carbocycles. The summed E-state index contributed by atoms with van der Waals surface area (Å²) < 4.78 is 17.8. The van der Waals surface area contributed by atoms with Gasteiger partial charge >= 0.3 is 5.97 Å². The lowest BCUT2D eigenvalue weighted by Gasteiger charge is -2.04. The van der Waals surface area contributed by atoms with Gasteiger partial charge in [0.2, 0.25) is 0 Å². The molecule has 0 aliphatic rings. The van der Waals surface area contributed by atoms with Gasteiger partial charge in [-0.05, 0) is 25.1 Å². The first-order valence-corrected chi connectivity index (χ1v) is 7.16. The van der Waals surface area contributed by atoms with E-state index in [2.05, 4.69) is 10.3 Å². The standard InChI is InChI=1S/C13H12ClFN2O2S/c1-2-19-12(18)6-9-7-20-13(16-9)17-11-4-3-8(15)5-10(11)14/h3-5,7H,2,6H2,1H3,(H,16,17). The Morgan fingerprint density at radius 1 is 1.55 bits per heavy atom. The fraction of sp³-hybridized carbons (Fsp3) is 0.231. The van der Waals surface area contributed by atoms with Gasteiger partial charge in [0, 0.05) is 5.38 Å². The number of carbonyl (C=O) groups is 1. The summed E-state index contributed by atoms with van der Waals surface area (Å²) in [7, 11) is 0. The maximum absolute atomic E-state index is 12.9. The van der Waals surface area contributed by atoms with E-state index in [0.29, 0.717) is 23.1 Å². The topological polar surface area (TPSA) is 51.2 Å². The van der Waals surface area contributed by atoms with Crippen molar-refractivity contribution in [3.05, 3.63) is 40.1 Å². The van der Waals surface area contributed by atoms with Crippen molar-refractivity contribution >= 4 is 39.7 Å². The molecule has 2 rings (SSSR count). The van der Waals surface area contributed by atoms with Crippen molar-refractivity contribution in [3.8, 4) is 0 Å². The zero-order valence-corrected chi connectivity index (χ0v) is 12.2. The summed E-state index contributed by atoms with van der Waals surface area (Å²) >= 11 is 7.25. The number of aromatic nitrogens is 1. The van der Waals surface area contributed by atoms with Gasteiger partial charge in [-0.25, -0.2) is 9.37 Å². The predicted molar refractivity (Wildman–Crippen MR) is 77.1 cm³/mol. The molecule has 1 aromatic carbocycles. The second-order valence-corrected chi connectivity index (χ2v) is 5.14. The molecule has 0 amide bonds.